The van der Waals surface area contributed by atoms with E-state index in [-0.39, 0.29) is 29.8 Å². The molecule has 3 aromatic rings. The van der Waals surface area contributed by atoms with Crippen LogP contribution in [0.5, 0.6) is 0 Å². The van der Waals surface area contributed by atoms with Gasteiger partial charge in [0.2, 0.25) is 11.8 Å². The number of aryl methyl sites for hydroxylation is 1. The summed E-state index contributed by atoms with van der Waals surface area (Å²) in [6.07, 6.45) is 0.0341. The standard InChI is InChI=1S/C24H19N3O5S/c1-15-2-4-16(5-3-15)23(29)25-17-6-12-20(13-7-17)33-21-14-22(28)26(24(21)30)18-8-10-19(11-9-18)27(31)32/h2-13,21H,14H2,1H3,(H,25,29). The highest BCUT2D eigenvalue weighted by atomic mass is 32.2. The van der Waals surface area contributed by atoms with Crippen molar-refractivity contribution in [1.82, 2.24) is 0 Å². The highest BCUT2D eigenvalue weighted by molar-refractivity contribution is 8.00. The van der Waals surface area contributed by atoms with Crippen LogP contribution in [0.2, 0.25) is 0 Å². The van der Waals surface area contributed by atoms with Gasteiger partial charge in [-0.15, -0.1) is 11.8 Å². The van der Waals surface area contributed by atoms with Crippen molar-refractivity contribution < 1.29 is 19.3 Å². The van der Waals surface area contributed by atoms with E-state index in [1.54, 1.807) is 36.4 Å². The molecule has 4 rings (SSSR count). The molecule has 3 amide bonds. The number of nitro groups is 1. The lowest BCUT2D eigenvalue weighted by Crippen LogP contribution is -2.31. The summed E-state index contributed by atoms with van der Waals surface area (Å²) in [4.78, 5) is 49.8. The third-order valence-electron chi connectivity index (χ3n) is 5.13. The van der Waals surface area contributed by atoms with Crippen LogP contribution in [0.4, 0.5) is 17.1 Å². The molecule has 1 aliphatic heterocycles. The van der Waals surface area contributed by atoms with E-state index in [0.717, 1.165) is 15.4 Å². The van der Waals surface area contributed by atoms with Crippen molar-refractivity contribution in [3.05, 3.63) is 94.0 Å². The Morgan fingerprint density at radius 2 is 1.64 bits per heavy atom. The Morgan fingerprint density at radius 1 is 1.00 bits per heavy atom. The number of amides is 3. The van der Waals surface area contributed by atoms with Gasteiger partial charge in [-0.05, 0) is 55.5 Å². The van der Waals surface area contributed by atoms with Crippen molar-refractivity contribution in [1.29, 1.82) is 0 Å². The van der Waals surface area contributed by atoms with E-state index in [0.29, 0.717) is 16.9 Å². The zero-order chi connectivity index (χ0) is 23.5. The molecule has 1 atom stereocenters. The Bertz CT molecular complexity index is 1220. The van der Waals surface area contributed by atoms with Crippen LogP contribution in [0.3, 0.4) is 0 Å². The number of anilines is 2. The summed E-state index contributed by atoms with van der Waals surface area (Å²) in [7, 11) is 0. The lowest BCUT2D eigenvalue weighted by Gasteiger charge is -2.14. The first-order valence-corrected chi connectivity index (χ1v) is 11.0. The molecular formula is C24H19N3O5S. The lowest BCUT2D eigenvalue weighted by molar-refractivity contribution is -0.384. The predicted octanol–water partition coefficient (Wildman–Crippen LogP) is 4.58. The number of imide groups is 1. The van der Waals surface area contributed by atoms with Crippen LogP contribution in [0.1, 0.15) is 22.3 Å². The van der Waals surface area contributed by atoms with Gasteiger partial charge in [-0.1, -0.05) is 17.7 Å². The minimum atomic E-state index is -0.597. The molecule has 1 unspecified atom stereocenters. The van der Waals surface area contributed by atoms with Crippen molar-refractivity contribution in [3.8, 4) is 0 Å². The monoisotopic (exact) mass is 461 g/mol. The van der Waals surface area contributed by atoms with Crippen LogP contribution in [-0.4, -0.2) is 27.9 Å². The quantitative estimate of drug-likeness (QED) is 0.327. The van der Waals surface area contributed by atoms with E-state index >= 15 is 0 Å². The number of nitrogens with zero attached hydrogens (tertiary/aromatic N) is 2. The first-order valence-electron chi connectivity index (χ1n) is 10.1. The zero-order valence-corrected chi connectivity index (χ0v) is 18.4. The smallest absolute Gasteiger partial charge is 0.269 e. The number of hydrogen-bond acceptors (Lipinski definition) is 6. The first kappa shape index (κ1) is 22.2. The molecule has 0 saturated carbocycles. The van der Waals surface area contributed by atoms with Gasteiger partial charge in [0.05, 0.1) is 15.9 Å². The molecule has 1 N–H and O–H groups in total. The van der Waals surface area contributed by atoms with Gasteiger partial charge < -0.3 is 5.32 Å². The second-order valence-electron chi connectivity index (χ2n) is 7.50. The summed E-state index contributed by atoms with van der Waals surface area (Å²) >= 11 is 1.26. The SMILES string of the molecule is Cc1ccc(C(=O)Nc2ccc(SC3CC(=O)N(c4ccc([N+](=O)[O-])cc4)C3=O)cc2)cc1. The molecule has 1 fully saturated rings. The Labute approximate surface area is 193 Å². The normalized spacial score (nSPS) is 15.5. The number of nitro benzene ring substituents is 1. The number of non-ortho nitro benzene ring substituents is 1. The highest BCUT2D eigenvalue weighted by Gasteiger charge is 2.40. The molecule has 8 nitrogen and oxygen atoms in total. The van der Waals surface area contributed by atoms with Crippen molar-refractivity contribution in [2.75, 3.05) is 10.2 Å². The topological polar surface area (TPSA) is 110 Å². The van der Waals surface area contributed by atoms with E-state index in [1.165, 1.54) is 36.0 Å². The number of rotatable bonds is 6. The highest BCUT2D eigenvalue weighted by Crippen LogP contribution is 2.34. The number of carbonyl (C=O) groups is 3. The van der Waals surface area contributed by atoms with Crippen LogP contribution < -0.4 is 10.2 Å². The van der Waals surface area contributed by atoms with Crippen molar-refractivity contribution in [2.45, 2.75) is 23.5 Å². The van der Waals surface area contributed by atoms with Crippen molar-refractivity contribution in [2.24, 2.45) is 0 Å². The van der Waals surface area contributed by atoms with Crippen LogP contribution >= 0.6 is 11.8 Å². The van der Waals surface area contributed by atoms with E-state index in [1.807, 2.05) is 19.1 Å². The van der Waals surface area contributed by atoms with Crippen LogP contribution in [-0.2, 0) is 9.59 Å². The van der Waals surface area contributed by atoms with Crippen LogP contribution in [0.25, 0.3) is 0 Å². The summed E-state index contributed by atoms with van der Waals surface area (Å²) in [5.41, 5.74) is 2.44. The molecule has 0 aliphatic carbocycles. The fourth-order valence-electron chi connectivity index (χ4n) is 3.38. The predicted molar refractivity (Wildman–Crippen MR) is 125 cm³/mol. The van der Waals surface area contributed by atoms with E-state index in [2.05, 4.69) is 5.32 Å². The number of hydrogen-bond donors (Lipinski definition) is 1. The molecule has 0 bridgehead atoms. The minimum Gasteiger partial charge on any atom is -0.322 e. The average Bonchev–Trinajstić information content (AvgIpc) is 3.08. The van der Waals surface area contributed by atoms with Crippen molar-refractivity contribution >= 4 is 46.5 Å². The van der Waals surface area contributed by atoms with Gasteiger partial charge in [0.25, 0.3) is 11.6 Å². The Hall–Kier alpha value is -3.98. The summed E-state index contributed by atoms with van der Waals surface area (Å²) in [6.45, 7) is 1.95. The van der Waals surface area contributed by atoms with Crippen LogP contribution in [0, 0.1) is 17.0 Å². The Morgan fingerprint density at radius 3 is 2.24 bits per heavy atom. The Kier molecular flexibility index (Phi) is 6.23. The van der Waals surface area contributed by atoms with Gasteiger partial charge in [0, 0.05) is 34.7 Å². The van der Waals surface area contributed by atoms with Crippen LogP contribution in [0.15, 0.2) is 77.7 Å². The third-order valence-corrected chi connectivity index (χ3v) is 6.33. The van der Waals surface area contributed by atoms with E-state index in [4.69, 9.17) is 0 Å². The average molecular weight is 461 g/mol. The first-order chi connectivity index (χ1) is 15.8. The number of nitrogens with one attached hydrogen (secondary N) is 1. The third kappa shape index (κ3) is 4.93. The molecule has 3 aromatic carbocycles. The van der Waals surface area contributed by atoms with Gasteiger partial charge in [-0.2, -0.15) is 0 Å². The van der Waals surface area contributed by atoms with E-state index < -0.39 is 10.2 Å². The summed E-state index contributed by atoms with van der Waals surface area (Å²) in [5.74, 6) is -0.936. The van der Waals surface area contributed by atoms with Gasteiger partial charge in [-0.3, -0.25) is 24.5 Å². The summed E-state index contributed by atoms with van der Waals surface area (Å²) < 4.78 is 0. The fraction of sp³-hybridized carbons (Fsp3) is 0.125. The molecular weight excluding hydrogens is 442 g/mol. The van der Waals surface area contributed by atoms with Gasteiger partial charge in [0.1, 0.15) is 0 Å². The molecule has 0 spiro atoms. The fourth-order valence-corrected chi connectivity index (χ4v) is 4.43. The molecule has 1 saturated heterocycles. The molecule has 1 aliphatic rings. The largest absolute Gasteiger partial charge is 0.322 e. The van der Waals surface area contributed by atoms with Crippen molar-refractivity contribution in [3.63, 3.8) is 0 Å². The second-order valence-corrected chi connectivity index (χ2v) is 8.77. The Balaban J connectivity index is 1.40. The molecule has 9 heteroatoms. The molecule has 33 heavy (non-hydrogen) atoms. The van der Waals surface area contributed by atoms with Gasteiger partial charge in [0.15, 0.2) is 0 Å². The summed E-state index contributed by atoms with van der Waals surface area (Å²) in [6, 6.07) is 19.6. The number of thioether (sulfide) groups is 1. The lowest BCUT2D eigenvalue weighted by atomic mass is 10.1. The second kappa shape index (κ2) is 9.25. The zero-order valence-electron chi connectivity index (χ0n) is 17.6. The molecule has 1 heterocycles. The maximum Gasteiger partial charge on any atom is 0.269 e. The summed E-state index contributed by atoms with van der Waals surface area (Å²) in [5, 5.41) is 13.0. The van der Waals surface area contributed by atoms with E-state index in [9.17, 15) is 24.5 Å². The molecule has 166 valence electrons. The molecule has 0 radical (unpaired) electrons. The maximum absolute atomic E-state index is 12.8. The number of benzene rings is 3. The van der Waals surface area contributed by atoms with Gasteiger partial charge in [-0.25, -0.2) is 4.90 Å². The number of carbonyl (C=O) groups excluding carboxylic acids is 3. The maximum atomic E-state index is 12.8. The molecule has 0 aromatic heterocycles. The van der Waals surface area contributed by atoms with Gasteiger partial charge >= 0.3 is 0 Å². The minimum absolute atomic E-state index is 0.0341.